The minimum atomic E-state index is -0.254. The summed E-state index contributed by atoms with van der Waals surface area (Å²) in [6, 6.07) is 1.50. The monoisotopic (exact) mass is 208 g/mol. The average molecular weight is 208 g/mol. The molecule has 0 unspecified atom stereocenters. The molecule has 2 aromatic heterocycles. The van der Waals surface area contributed by atoms with Crippen molar-refractivity contribution >= 4 is 5.65 Å². The van der Waals surface area contributed by atoms with E-state index in [1.54, 1.807) is 4.40 Å². The molecule has 0 fully saturated rings. The summed E-state index contributed by atoms with van der Waals surface area (Å²) < 4.78 is 15.1. The standard InChI is InChI=1S/C10H11FN2.C2H6/c1-6-4-9(11)10-12-7(2)8(3)13(10)5-6;1-2/h4-5H,1-3H3;1-2H3. The third-order valence-corrected chi connectivity index (χ3v) is 2.29. The molecule has 2 rings (SSSR count). The number of imidazole rings is 1. The molecule has 0 radical (unpaired) electrons. The highest BCUT2D eigenvalue weighted by Gasteiger charge is 2.08. The van der Waals surface area contributed by atoms with Crippen molar-refractivity contribution < 1.29 is 4.39 Å². The van der Waals surface area contributed by atoms with Crippen molar-refractivity contribution in [3.8, 4) is 0 Å². The smallest absolute Gasteiger partial charge is 0.173 e. The number of pyridine rings is 1. The van der Waals surface area contributed by atoms with Gasteiger partial charge >= 0.3 is 0 Å². The van der Waals surface area contributed by atoms with Gasteiger partial charge in [0.2, 0.25) is 0 Å². The minimum Gasteiger partial charge on any atom is -0.301 e. The first kappa shape index (κ1) is 11.7. The van der Waals surface area contributed by atoms with Gasteiger partial charge in [0.1, 0.15) is 0 Å². The molecule has 0 amide bonds. The summed E-state index contributed by atoms with van der Waals surface area (Å²) in [5, 5.41) is 0. The molecule has 0 atom stereocenters. The first-order chi connectivity index (χ1) is 7.09. The van der Waals surface area contributed by atoms with Gasteiger partial charge in [-0.25, -0.2) is 9.37 Å². The van der Waals surface area contributed by atoms with Crippen molar-refractivity contribution in [3.05, 3.63) is 35.0 Å². The van der Waals surface area contributed by atoms with Crippen molar-refractivity contribution in [1.82, 2.24) is 9.38 Å². The number of aryl methyl sites for hydroxylation is 3. The second-order valence-corrected chi connectivity index (χ2v) is 3.34. The zero-order valence-corrected chi connectivity index (χ0v) is 9.93. The van der Waals surface area contributed by atoms with Gasteiger partial charge in [0.05, 0.1) is 5.69 Å². The molecule has 0 saturated carbocycles. The number of aromatic nitrogens is 2. The van der Waals surface area contributed by atoms with E-state index in [-0.39, 0.29) is 5.82 Å². The second kappa shape index (κ2) is 4.43. The van der Waals surface area contributed by atoms with Gasteiger partial charge in [-0.1, -0.05) is 13.8 Å². The SMILES string of the molecule is CC.Cc1cc(F)c2nc(C)c(C)n2c1. The first-order valence-corrected chi connectivity index (χ1v) is 5.21. The van der Waals surface area contributed by atoms with Gasteiger partial charge in [-0.2, -0.15) is 0 Å². The Balaban J connectivity index is 0.000000531. The van der Waals surface area contributed by atoms with Crippen molar-refractivity contribution in [2.75, 3.05) is 0 Å². The van der Waals surface area contributed by atoms with E-state index >= 15 is 0 Å². The highest BCUT2D eigenvalue weighted by Crippen LogP contribution is 2.15. The Morgan fingerprint density at radius 1 is 1.20 bits per heavy atom. The Morgan fingerprint density at radius 3 is 2.40 bits per heavy atom. The molecule has 0 N–H and O–H groups in total. The van der Waals surface area contributed by atoms with E-state index < -0.39 is 0 Å². The number of halogens is 1. The Labute approximate surface area is 89.8 Å². The van der Waals surface area contributed by atoms with Crippen molar-refractivity contribution in [2.45, 2.75) is 34.6 Å². The summed E-state index contributed by atoms with van der Waals surface area (Å²) in [7, 11) is 0. The van der Waals surface area contributed by atoms with E-state index in [1.165, 1.54) is 6.07 Å². The second-order valence-electron chi connectivity index (χ2n) is 3.34. The molecule has 3 heteroatoms. The largest absolute Gasteiger partial charge is 0.301 e. The van der Waals surface area contributed by atoms with Gasteiger partial charge in [0.25, 0.3) is 0 Å². The van der Waals surface area contributed by atoms with Crippen LogP contribution in [-0.4, -0.2) is 9.38 Å². The van der Waals surface area contributed by atoms with E-state index in [9.17, 15) is 4.39 Å². The number of hydrogen-bond acceptors (Lipinski definition) is 1. The molecule has 0 aliphatic heterocycles. The van der Waals surface area contributed by atoms with Crippen LogP contribution in [0, 0.1) is 26.6 Å². The summed E-state index contributed by atoms with van der Waals surface area (Å²) in [6.45, 7) is 9.70. The normalized spacial score (nSPS) is 10.0. The number of nitrogens with zero attached hydrogens (tertiary/aromatic N) is 2. The lowest BCUT2D eigenvalue weighted by Crippen LogP contribution is -1.92. The lowest BCUT2D eigenvalue weighted by molar-refractivity contribution is 0.628. The minimum absolute atomic E-state index is 0.254. The fraction of sp³-hybridized carbons (Fsp3) is 0.417. The van der Waals surface area contributed by atoms with Crippen molar-refractivity contribution in [3.63, 3.8) is 0 Å². The zero-order valence-electron chi connectivity index (χ0n) is 9.93. The summed E-state index contributed by atoms with van der Waals surface area (Å²) in [5.74, 6) is -0.254. The van der Waals surface area contributed by atoms with Crippen LogP contribution in [0.3, 0.4) is 0 Å². The van der Waals surface area contributed by atoms with E-state index in [2.05, 4.69) is 4.98 Å². The first-order valence-electron chi connectivity index (χ1n) is 5.21. The topological polar surface area (TPSA) is 17.3 Å². The van der Waals surface area contributed by atoms with Crippen LogP contribution in [0.2, 0.25) is 0 Å². The highest BCUT2D eigenvalue weighted by atomic mass is 19.1. The molecule has 2 nitrogen and oxygen atoms in total. The summed E-state index contributed by atoms with van der Waals surface area (Å²) in [6.07, 6.45) is 1.90. The fourth-order valence-corrected chi connectivity index (χ4v) is 1.46. The highest BCUT2D eigenvalue weighted by molar-refractivity contribution is 5.45. The molecule has 0 aliphatic rings. The Bertz CT molecular complexity index is 472. The maximum atomic E-state index is 13.4. The Hall–Kier alpha value is -1.38. The molecule has 82 valence electrons. The summed E-state index contributed by atoms with van der Waals surface area (Å²) in [4.78, 5) is 4.14. The van der Waals surface area contributed by atoms with E-state index in [1.807, 2.05) is 40.8 Å². The Morgan fingerprint density at radius 2 is 1.80 bits per heavy atom. The number of rotatable bonds is 0. The molecule has 0 aliphatic carbocycles. The lowest BCUT2D eigenvalue weighted by atomic mass is 10.3. The van der Waals surface area contributed by atoms with Gasteiger partial charge in [-0.05, 0) is 32.4 Å². The fourth-order valence-electron chi connectivity index (χ4n) is 1.46. The molecular weight excluding hydrogens is 191 g/mol. The van der Waals surface area contributed by atoms with E-state index in [0.29, 0.717) is 5.65 Å². The van der Waals surface area contributed by atoms with Crippen LogP contribution in [0.25, 0.3) is 5.65 Å². The molecule has 2 aromatic rings. The average Bonchev–Trinajstić information content (AvgIpc) is 2.49. The van der Waals surface area contributed by atoms with Crippen LogP contribution < -0.4 is 0 Å². The van der Waals surface area contributed by atoms with Gasteiger partial charge in [0.15, 0.2) is 11.5 Å². The predicted molar refractivity (Wildman–Crippen MR) is 60.7 cm³/mol. The van der Waals surface area contributed by atoms with Crippen LogP contribution in [0.15, 0.2) is 12.3 Å². The van der Waals surface area contributed by atoms with Crippen LogP contribution in [-0.2, 0) is 0 Å². The zero-order chi connectivity index (χ0) is 11.6. The molecule has 0 spiro atoms. The van der Waals surface area contributed by atoms with Crippen LogP contribution in [0.4, 0.5) is 4.39 Å². The summed E-state index contributed by atoms with van der Waals surface area (Å²) >= 11 is 0. The molecule has 0 saturated heterocycles. The summed E-state index contributed by atoms with van der Waals surface area (Å²) in [5.41, 5.74) is 3.20. The molecule has 0 bridgehead atoms. The van der Waals surface area contributed by atoms with E-state index in [4.69, 9.17) is 0 Å². The van der Waals surface area contributed by atoms with Crippen molar-refractivity contribution in [1.29, 1.82) is 0 Å². The maximum absolute atomic E-state index is 13.4. The molecule has 15 heavy (non-hydrogen) atoms. The Kier molecular flexibility index (Phi) is 3.45. The number of fused-ring (bicyclic) bond motifs is 1. The van der Waals surface area contributed by atoms with Gasteiger partial charge in [0, 0.05) is 11.9 Å². The lowest BCUT2D eigenvalue weighted by Gasteiger charge is -1.99. The van der Waals surface area contributed by atoms with E-state index in [0.717, 1.165) is 17.0 Å². The number of hydrogen-bond donors (Lipinski definition) is 0. The van der Waals surface area contributed by atoms with Gasteiger partial charge in [-0.15, -0.1) is 0 Å². The van der Waals surface area contributed by atoms with Crippen LogP contribution >= 0.6 is 0 Å². The third kappa shape index (κ3) is 2.01. The molecular formula is C12H17FN2. The predicted octanol–water partition coefficient (Wildman–Crippen LogP) is 3.42. The van der Waals surface area contributed by atoms with Gasteiger partial charge < -0.3 is 4.40 Å². The van der Waals surface area contributed by atoms with Gasteiger partial charge in [-0.3, -0.25) is 0 Å². The molecule has 0 aromatic carbocycles. The van der Waals surface area contributed by atoms with Crippen molar-refractivity contribution in [2.24, 2.45) is 0 Å². The quantitative estimate of drug-likeness (QED) is 0.648. The van der Waals surface area contributed by atoms with Crippen LogP contribution in [0.1, 0.15) is 30.8 Å². The maximum Gasteiger partial charge on any atom is 0.173 e. The third-order valence-electron chi connectivity index (χ3n) is 2.29. The van der Waals surface area contributed by atoms with Crippen LogP contribution in [0.5, 0.6) is 0 Å². The molecule has 2 heterocycles.